The monoisotopic (exact) mass is 438 g/mol. The van der Waals surface area contributed by atoms with Crippen molar-refractivity contribution < 1.29 is 14.3 Å². The Kier molecular flexibility index (Phi) is 7.00. The lowest BCUT2D eigenvalue weighted by molar-refractivity contribution is -0.127. The Morgan fingerprint density at radius 2 is 1.61 bits per heavy atom. The highest BCUT2D eigenvalue weighted by Gasteiger charge is 2.14. The van der Waals surface area contributed by atoms with Crippen LogP contribution in [-0.2, 0) is 4.79 Å². The number of benzene rings is 4. The van der Waals surface area contributed by atoms with Gasteiger partial charge in [0.25, 0.3) is 5.91 Å². The minimum Gasteiger partial charge on any atom is -0.493 e. The molecule has 4 aromatic carbocycles. The van der Waals surface area contributed by atoms with Gasteiger partial charge in [0.05, 0.1) is 12.8 Å². The number of hydrogen-bond acceptors (Lipinski definition) is 4. The predicted molar refractivity (Wildman–Crippen MR) is 133 cm³/mol. The molecule has 1 amide bonds. The summed E-state index contributed by atoms with van der Waals surface area (Å²) in [7, 11) is 0. The van der Waals surface area contributed by atoms with E-state index in [1.54, 1.807) is 13.1 Å². The SMILES string of the molecule is CCOc1ccc2ccccc2c1/C=N\NC(=O)[C@@H](C)Oc1ccc(-c2ccccc2)cc1. The zero-order valence-electron chi connectivity index (χ0n) is 18.7. The highest BCUT2D eigenvalue weighted by molar-refractivity contribution is 6.02. The predicted octanol–water partition coefficient (Wildman–Crippen LogP) is 5.82. The fraction of sp³-hybridized carbons (Fsp3) is 0.143. The minimum atomic E-state index is -0.705. The normalized spacial score (nSPS) is 11.9. The molecular weight excluding hydrogens is 412 g/mol. The van der Waals surface area contributed by atoms with Crippen LogP contribution in [-0.4, -0.2) is 24.8 Å². The Labute approximate surface area is 193 Å². The molecule has 0 radical (unpaired) electrons. The summed E-state index contributed by atoms with van der Waals surface area (Å²) in [6.45, 7) is 4.17. The molecule has 5 nitrogen and oxygen atoms in total. The summed E-state index contributed by atoms with van der Waals surface area (Å²) in [6.07, 6.45) is 0.913. The van der Waals surface area contributed by atoms with Gasteiger partial charge in [-0.05, 0) is 53.9 Å². The van der Waals surface area contributed by atoms with Gasteiger partial charge in [-0.15, -0.1) is 0 Å². The van der Waals surface area contributed by atoms with Gasteiger partial charge in [-0.3, -0.25) is 4.79 Å². The summed E-state index contributed by atoms with van der Waals surface area (Å²) < 4.78 is 11.5. The molecule has 1 atom stereocenters. The number of nitrogens with zero attached hydrogens (tertiary/aromatic N) is 1. The maximum absolute atomic E-state index is 12.5. The first-order valence-corrected chi connectivity index (χ1v) is 11.0. The molecule has 166 valence electrons. The molecule has 4 rings (SSSR count). The molecule has 0 aliphatic heterocycles. The average molecular weight is 439 g/mol. The fourth-order valence-corrected chi connectivity index (χ4v) is 3.56. The van der Waals surface area contributed by atoms with Gasteiger partial charge in [0.15, 0.2) is 6.10 Å². The largest absolute Gasteiger partial charge is 0.493 e. The minimum absolute atomic E-state index is 0.336. The molecule has 5 heteroatoms. The summed E-state index contributed by atoms with van der Waals surface area (Å²) in [4.78, 5) is 12.5. The van der Waals surface area contributed by atoms with Crippen molar-refractivity contribution in [2.75, 3.05) is 6.61 Å². The number of carbonyl (C=O) groups is 1. The van der Waals surface area contributed by atoms with Crippen LogP contribution in [0.4, 0.5) is 0 Å². The van der Waals surface area contributed by atoms with E-state index in [0.717, 1.165) is 33.2 Å². The molecule has 0 bridgehead atoms. The van der Waals surface area contributed by atoms with Crippen LogP contribution in [0.5, 0.6) is 11.5 Å². The first kappa shape index (κ1) is 22.1. The van der Waals surface area contributed by atoms with E-state index in [1.807, 2.05) is 85.8 Å². The molecule has 0 spiro atoms. The van der Waals surface area contributed by atoms with E-state index in [2.05, 4.69) is 22.7 Å². The maximum atomic E-state index is 12.5. The van der Waals surface area contributed by atoms with Gasteiger partial charge >= 0.3 is 0 Å². The molecule has 33 heavy (non-hydrogen) atoms. The molecule has 0 aliphatic rings. The third-order valence-corrected chi connectivity index (χ3v) is 5.24. The van der Waals surface area contributed by atoms with Crippen molar-refractivity contribution in [2.24, 2.45) is 5.10 Å². The molecular formula is C28H26N2O3. The summed E-state index contributed by atoms with van der Waals surface area (Å²) in [5.74, 6) is 1.00. The van der Waals surface area contributed by atoms with E-state index in [4.69, 9.17) is 9.47 Å². The number of hydrazone groups is 1. The topological polar surface area (TPSA) is 59.9 Å². The van der Waals surface area contributed by atoms with Crippen molar-refractivity contribution in [3.8, 4) is 22.6 Å². The van der Waals surface area contributed by atoms with Crippen LogP contribution in [0.3, 0.4) is 0 Å². The van der Waals surface area contributed by atoms with E-state index in [1.165, 1.54) is 0 Å². The van der Waals surface area contributed by atoms with Gasteiger partial charge in [0.1, 0.15) is 11.5 Å². The lowest BCUT2D eigenvalue weighted by Gasteiger charge is -2.14. The highest BCUT2D eigenvalue weighted by atomic mass is 16.5. The summed E-state index contributed by atoms with van der Waals surface area (Å²) in [5.41, 5.74) is 5.61. The van der Waals surface area contributed by atoms with Crippen LogP contribution < -0.4 is 14.9 Å². The zero-order chi connectivity index (χ0) is 23.0. The molecule has 0 saturated heterocycles. The second-order valence-corrected chi connectivity index (χ2v) is 7.52. The standard InChI is InChI=1S/C28H26N2O3/c1-3-32-27-18-15-23-11-7-8-12-25(23)26(27)19-29-30-28(31)20(2)33-24-16-13-22(14-17-24)21-9-5-4-6-10-21/h4-20H,3H2,1-2H3,(H,30,31)/b29-19-/t20-/m1/s1. The quantitative estimate of drug-likeness (QED) is 0.278. The molecule has 0 unspecified atom stereocenters. The van der Waals surface area contributed by atoms with E-state index in [9.17, 15) is 4.79 Å². The Hall–Kier alpha value is -4.12. The average Bonchev–Trinajstić information content (AvgIpc) is 2.86. The Morgan fingerprint density at radius 1 is 0.909 bits per heavy atom. The maximum Gasteiger partial charge on any atom is 0.280 e. The van der Waals surface area contributed by atoms with Crippen LogP contribution in [0.15, 0.2) is 96.1 Å². The number of ether oxygens (including phenoxy) is 2. The van der Waals surface area contributed by atoms with Crippen molar-refractivity contribution in [3.63, 3.8) is 0 Å². The number of fused-ring (bicyclic) bond motifs is 1. The van der Waals surface area contributed by atoms with Crippen molar-refractivity contribution in [2.45, 2.75) is 20.0 Å². The van der Waals surface area contributed by atoms with Gasteiger partial charge < -0.3 is 9.47 Å². The Bertz CT molecular complexity index is 1250. The van der Waals surface area contributed by atoms with E-state index >= 15 is 0 Å². The zero-order valence-corrected chi connectivity index (χ0v) is 18.7. The summed E-state index contributed by atoms with van der Waals surface area (Å²) >= 11 is 0. The van der Waals surface area contributed by atoms with Crippen LogP contribution >= 0.6 is 0 Å². The van der Waals surface area contributed by atoms with Gasteiger partial charge in [-0.25, -0.2) is 5.43 Å². The molecule has 0 fully saturated rings. The lowest BCUT2D eigenvalue weighted by atomic mass is 10.0. The van der Waals surface area contributed by atoms with Crippen LogP contribution in [0.25, 0.3) is 21.9 Å². The van der Waals surface area contributed by atoms with Gasteiger partial charge in [0, 0.05) is 5.56 Å². The summed E-state index contributed by atoms with van der Waals surface area (Å²) in [6, 6.07) is 29.7. The number of hydrogen-bond donors (Lipinski definition) is 1. The molecule has 0 saturated carbocycles. The Balaban J connectivity index is 1.41. The molecule has 4 aromatic rings. The fourth-order valence-electron chi connectivity index (χ4n) is 3.56. The number of nitrogens with one attached hydrogen (secondary N) is 1. The smallest absolute Gasteiger partial charge is 0.280 e. The van der Waals surface area contributed by atoms with Gasteiger partial charge in [0.2, 0.25) is 0 Å². The Morgan fingerprint density at radius 3 is 2.36 bits per heavy atom. The molecule has 0 heterocycles. The van der Waals surface area contributed by atoms with Crippen molar-refractivity contribution in [3.05, 3.63) is 96.6 Å². The van der Waals surface area contributed by atoms with Crippen LogP contribution in [0.1, 0.15) is 19.4 Å². The van der Waals surface area contributed by atoms with Crippen molar-refractivity contribution in [1.29, 1.82) is 0 Å². The van der Waals surface area contributed by atoms with Crippen molar-refractivity contribution >= 4 is 22.9 Å². The van der Waals surface area contributed by atoms with E-state index in [0.29, 0.717) is 12.4 Å². The highest BCUT2D eigenvalue weighted by Crippen LogP contribution is 2.27. The lowest BCUT2D eigenvalue weighted by Crippen LogP contribution is -2.33. The van der Waals surface area contributed by atoms with Crippen molar-refractivity contribution in [1.82, 2.24) is 5.43 Å². The van der Waals surface area contributed by atoms with Gasteiger partial charge in [-0.1, -0.05) is 72.8 Å². The van der Waals surface area contributed by atoms with Gasteiger partial charge in [-0.2, -0.15) is 5.10 Å². The second-order valence-electron chi connectivity index (χ2n) is 7.52. The summed E-state index contributed by atoms with van der Waals surface area (Å²) in [5, 5.41) is 6.24. The van der Waals surface area contributed by atoms with E-state index in [-0.39, 0.29) is 5.91 Å². The second kappa shape index (κ2) is 10.5. The van der Waals surface area contributed by atoms with Crippen LogP contribution in [0.2, 0.25) is 0 Å². The molecule has 1 N–H and O–H groups in total. The number of amides is 1. The van der Waals surface area contributed by atoms with Crippen LogP contribution in [0, 0.1) is 0 Å². The molecule has 0 aromatic heterocycles. The number of rotatable bonds is 8. The van der Waals surface area contributed by atoms with E-state index < -0.39 is 6.10 Å². The molecule has 0 aliphatic carbocycles. The first-order chi connectivity index (χ1) is 16.2. The third kappa shape index (κ3) is 5.39. The number of carbonyl (C=O) groups excluding carboxylic acids is 1. The third-order valence-electron chi connectivity index (χ3n) is 5.24. The first-order valence-electron chi connectivity index (χ1n) is 11.0.